The predicted octanol–water partition coefficient (Wildman–Crippen LogP) is 2.13. The highest BCUT2D eigenvalue weighted by molar-refractivity contribution is 6.00. The number of fused-ring (bicyclic) bond motifs is 2. The van der Waals surface area contributed by atoms with Gasteiger partial charge in [0, 0.05) is 13.1 Å². The highest BCUT2D eigenvalue weighted by atomic mass is 16.5. The normalized spacial score (nSPS) is 25.6. The number of ether oxygens (including phenoxy) is 2. The summed E-state index contributed by atoms with van der Waals surface area (Å²) in [5.74, 6) is 0.826. The molecule has 2 heterocycles. The van der Waals surface area contributed by atoms with Gasteiger partial charge in [-0.25, -0.2) is 0 Å². The molecule has 3 rings (SSSR count). The molecule has 2 fully saturated rings. The number of carbonyl (C=O) groups is 1. The predicted molar refractivity (Wildman–Crippen MR) is 76.3 cm³/mol. The van der Waals surface area contributed by atoms with Gasteiger partial charge in [0.2, 0.25) is 0 Å². The molecule has 0 saturated carbocycles. The second kappa shape index (κ2) is 5.94. The first-order valence-electron chi connectivity index (χ1n) is 7.39. The van der Waals surface area contributed by atoms with E-state index >= 15 is 0 Å². The maximum absolute atomic E-state index is 12.5. The molecule has 0 spiro atoms. The number of ketones is 1. The Morgan fingerprint density at radius 1 is 1.30 bits per heavy atom. The summed E-state index contributed by atoms with van der Waals surface area (Å²) in [6.07, 6.45) is 2.91. The van der Waals surface area contributed by atoms with Gasteiger partial charge in [0.15, 0.2) is 5.78 Å². The third-order valence-electron chi connectivity index (χ3n) is 3.97. The first kappa shape index (κ1) is 13.6. The average molecular weight is 275 g/mol. The van der Waals surface area contributed by atoms with Crippen LogP contribution in [0.2, 0.25) is 0 Å². The Labute approximate surface area is 119 Å². The number of benzene rings is 1. The van der Waals surface area contributed by atoms with E-state index in [0.29, 0.717) is 36.7 Å². The van der Waals surface area contributed by atoms with Crippen LogP contribution in [-0.4, -0.2) is 49.1 Å². The van der Waals surface area contributed by atoms with Crippen molar-refractivity contribution in [3.8, 4) is 5.75 Å². The Morgan fingerprint density at radius 2 is 2.00 bits per heavy atom. The van der Waals surface area contributed by atoms with Gasteiger partial charge < -0.3 is 9.47 Å². The van der Waals surface area contributed by atoms with Gasteiger partial charge in [0.1, 0.15) is 5.75 Å². The molecule has 2 atom stereocenters. The first-order valence-corrected chi connectivity index (χ1v) is 7.39. The van der Waals surface area contributed by atoms with Crippen molar-refractivity contribution in [1.82, 2.24) is 4.90 Å². The van der Waals surface area contributed by atoms with Gasteiger partial charge in [-0.3, -0.25) is 9.69 Å². The smallest absolute Gasteiger partial charge is 0.180 e. The highest BCUT2D eigenvalue weighted by Crippen LogP contribution is 2.27. The standard InChI is InChI=1S/C16H21NO3/c1-2-19-16-6-4-3-5-14(16)15(18)11-17-9-12-7-8-13(10-17)20-12/h3-6,12-13H,2,7-11H2,1H3. The van der Waals surface area contributed by atoms with Crippen LogP contribution in [0.4, 0.5) is 0 Å². The Morgan fingerprint density at radius 3 is 2.70 bits per heavy atom. The van der Waals surface area contributed by atoms with Crippen molar-refractivity contribution in [2.75, 3.05) is 26.2 Å². The maximum Gasteiger partial charge on any atom is 0.180 e. The number of para-hydroxylation sites is 1. The highest BCUT2D eigenvalue weighted by Gasteiger charge is 2.34. The van der Waals surface area contributed by atoms with Gasteiger partial charge in [0.25, 0.3) is 0 Å². The fourth-order valence-corrected chi connectivity index (χ4v) is 3.09. The third-order valence-corrected chi connectivity index (χ3v) is 3.97. The summed E-state index contributed by atoms with van der Waals surface area (Å²) in [5, 5.41) is 0. The lowest BCUT2D eigenvalue weighted by molar-refractivity contribution is -0.0355. The minimum Gasteiger partial charge on any atom is -0.493 e. The van der Waals surface area contributed by atoms with Crippen LogP contribution in [0.1, 0.15) is 30.1 Å². The maximum atomic E-state index is 12.5. The molecule has 0 aromatic heterocycles. The zero-order chi connectivity index (χ0) is 13.9. The monoisotopic (exact) mass is 275 g/mol. The third kappa shape index (κ3) is 2.86. The minimum absolute atomic E-state index is 0.135. The lowest BCUT2D eigenvalue weighted by atomic mass is 10.1. The van der Waals surface area contributed by atoms with Gasteiger partial charge in [-0.05, 0) is 31.9 Å². The van der Waals surface area contributed by atoms with Crippen molar-refractivity contribution >= 4 is 5.78 Å². The van der Waals surface area contributed by atoms with E-state index in [-0.39, 0.29) is 5.78 Å². The molecule has 2 bridgehead atoms. The Balaban J connectivity index is 1.67. The number of hydrogen-bond acceptors (Lipinski definition) is 4. The average Bonchev–Trinajstić information content (AvgIpc) is 2.79. The fourth-order valence-electron chi connectivity index (χ4n) is 3.09. The lowest BCUT2D eigenvalue weighted by Crippen LogP contribution is -2.44. The molecule has 0 aliphatic carbocycles. The number of rotatable bonds is 5. The van der Waals surface area contributed by atoms with E-state index < -0.39 is 0 Å². The number of likely N-dealkylation sites (tertiary alicyclic amines) is 1. The number of hydrogen-bond donors (Lipinski definition) is 0. The van der Waals surface area contributed by atoms with Crippen LogP contribution in [0.5, 0.6) is 5.75 Å². The molecule has 20 heavy (non-hydrogen) atoms. The van der Waals surface area contributed by atoms with Gasteiger partial charge in [-0.2, -0.15) is 0 Å². The zero-order valence-corrected chi connectivity index (χ0v) is 11.9. The molecule has 108 valence electrons. The molecular formula is C16H21NO3. The molecular weight excluding hydrogens is 254 g/mol. The molecule has 4 heteroatoms. The SMILES string of the molecule is CCOc1ccccc1C(=O)CN1CC2CCC(C1)O2. The van der Waals surface area contributed by atoms with Crippen molar-refractivity contribution in [2.24, 2.45) is 0 Å². The number of nitrogens with zero attached hydrogens (tertiary/aromatic N) is 1. The van der Waals surface area contributed by atoms with Crippen molar-refractivity contribution in [3.63, 3.8) is 0 Å². The van der Waals surface area contributed by atoms with Crippen molar-refractivity contribution < 1.29 is 14.3 Å². The Bertz CT molecular complexity index is 476. The van der Waals surface area contributed by atoms with Crippen LogP contribution in [0.25, 0.3) is 0 Å². The lowest BCUT2D eigenvalue weighted by Gasteiger charge is -2.31. The summed E-state index contributed by atoms with van der Waals surface area (Å²) in [5.41, 5.74) is 0.688. The summed E-state index contributed by atoms with van der Waals surface area (Å²) < 4.78 is 11.3. The van der Waals surface area contributed by atoms with Crippen LogP contribution >= 0.6 is 0 Å². The van der Waals surface area contributed by atoms with E-state index in [1.807, 2.05) is 31.2 Å². The molecule has 2 aliphatic rings. The summed E-state index contributed by atoms with van der Waals surface area (Å²) >= 11 is 0. The minimum atomic E-state index is 0.135. The molecule has 2 unspecified atom stereocenters. The van der Waals surface area contributed by atoms with Gasteiger partial charge in [-0.15, -0.1) is 0 Å². The second-order valence-electron chi connectivity index (χ2n) is 5.50. The quantitative estimate of drug-likeness (QED) is 0.772. The molecule has 1 aromatic carbocycles. The molecule has 2 aliphatic heterocycles. The largest absolute Gasteiger partial charge is 0.493 e. The first-order chi connectivity index (χ1) is 9.76. The van der Waals surface area contributed by atoms with E-state index in [4.69, 9.17) is 9.47 Å². The summed E-state index contributed by atoms with van der Waals surface area (Å²) in [4.78, 5) is 14.7. The van der Waals surface area contributed by atoms with Crippen LogP contribution in [0.15, 0.2) is 24.3 Å². The Kier molecular flexibility index (Phi) is 4.03. The molecule has 1 aromatic rings. The van der Waals surface area contributed by atoms with Crippen LogP contribution in [0, 0.1) is 0 Å². The van der Waals surface area contributed by atoms with Crippen LogP contribution < -0.4 is 4.74 Å². The fraction of sp³-hybridized carbons (Fsp3) is 0.562. The molecule has 0 N–H and O–H groups in total. The van der Waals surface area contributed by atoms with Gasteiger partial charge in [0.05, 0.1) is 30.9 Å². The summed E-state index contributed by atoms with van der Waals surface area (Å²) in [6, 6.07) is 7.50. The van der Waals surface area contributed by atoms with E-state index in [1.54, 1.807) is 0 Å². The van der Waals surface area contributed by atoms with Crippen molar-refractivity contribution in [1.29, 1.82) is 0 Å². The van der Waals surface area contributed by atoms with E-state index in [2.05, 4.69) is 4.90 Å². The molecule has 0 amide bonds. The van der Waals surface area contributed by atoms with Gasteiger partial charge >= 0.3 is 0 Å². The summed E-state index contributed by atoms with van der Waals surface area (Å²) in [7, 11) is 0. The zero-order valence-electron chi connectivity index (χ0n) is 11.9. The summed E-state index contributed by atoms with van der Waals surface area (Å²) in [6.45, 7) is 4.71. The van der Waals surface area contributed by atoms with Crippen LogP contribution in [0.3, 0.4) is 0 Å². The van der Waals surface area contributed by atoms with E-state index in [0.717, 1.165) is 25.9 Å². The second-order valence-corrected chi connectivity index (χ2v) is 5.50. The van der Waals surface area contributed by atoms with Crippen molar-refractivity contribution in [3.05, 3.63) is 29.8 Å². The Hall–Kier alpha value is -1.39. The molecule has 2 saturated heterocycles. The van der Waals surface area contributed by atoms with E-state index in [1.165, 1.54) is 0 Å². The number of carbonyl (C=O) groups excluding carboxylic acids is 1. The number of Topliss-reactive ketones (excluding diaryl/α,β-unsaturated/α-hetero) is 1. The van der Waals surface area contributed by atoms with E-state index in [9.17, 15) is 4.79 Å². The molecule has 0 radical (unpaired) electrons. The number of morpholine rings is 1. The van der Waals surface area contributed by atoms with Crippen LogP contribution in [-0.2, 0) is 4.74 Å². The van der Waals surface area contributed by atoms with Gasteiger partial charge in [-0.1, -0.05) is 12.1 Å². The van der Waals surface area contributed by atoms with Crippen molar-refractivity contribution in [2.45, 2.75) is 32.0 Å². The topological polar surface area (TPSA) is 38.8 Å². The molecule has 4 nitrogen and oxygen atoms in total.